The molecule has 0 aromatic heterocycles. The number of nitrogens with zero attached hydrogens (tertiary/aromatic N) is 1. The summed E-state index contributed by atoms with van der Waals surface area (Å²) < 4.78 is 5.11. The molecule has 28 heavy (non-hydrogen) atoms. The summed E-state index contributed by atoms with van der Waals surface area (Å²) in [5.41, 5.74) is 1.52. The van der Waals surface area contributed by atoms with E-state index in [0.29, 0.717) is 5.56 Å². The molecule has 0 aliphatic carbocycles. The van der Waals surface area contributed by atoms with E-state index in [-0.39, 0.29) is 27.0 Å². The Bertz CT molecular complexity index is 959. The van der Waals surface area contributed by atoms with Gasteiger partial charge in [0.15, 0.2) is 6.10 Å². The molecule has 1 heterocycles. The van der Waals surface area contributed by atoms with Crippen molar-refractivity contribution in [1.29, 1.82) is 0 Å². The van der Waals surface area contributed by atoms with Gasteiger partial charge in [-0.15, -0.1) is 0 Å². The van der Waals surface area contributed by atoms with Crippen molar-refractivity contribution in [3.8, 4) is 0 Å². The Morgan fingerprint density at radius 3 is 2.00 bits per heavy atom. The lowest BCUT2D eigenvalue weighted by Gasteiger charge is -2.16. The quantitative estimate of drug-likeness (QED) is 0.419. The first-order chi connectivity index (χ1) is 13.2. The Kier molecular flexibility index (Phi) is 5.54. The van der Waals surface area contributed by atoms with Crippen LogP contribution in [-0.4, -0.2) is 41.1 Å². The fourth-order valence-corrected chi connectivity index (χ4v) is 3.12. The SMILES string of the molecule is Cc1ccc(C(=O)C(C)OC(=O)CN2C(=O)c3cc(Cl)c(Cl)cc3C2=O)cc1. The number of imide groups is 1. The lowest BCUT2D eigenvalue weighted by Crippen LogP contribution is -2.37. The van der Waals surface area contributed by atoms with E-state index in [1.165, 1.54) is 19.1 Å². The number of halogens is 2. The van der Waals surface area contributed by atoms with E-state index >= 15 is 0 Å². The number of ketones is 1. The van der Waals surface area contributed by atoms with Gasteiger partial charge in [-0.2, -0.15) is 0 Å². The van der Waals surface area contributed by atoms with Gasteiger partial charge in [-0.3, -0.25) is 24.1 Å². The molecule has 0 spiro atoms. The summed E-state index contributed by atoms with van der Waals surface area (Å²) in [6, 6.07) is 9.40. The molecule has 144 valence electrons. The minimum atomic E-state index is -1.06. The highest BCUT2D eigenvalue weighted by Gasteiger charge is 2.38. The minimum Gasteiger partial charge on any atom is -0.453 e. The Balaban J connectivity index is 1.68. The summed E-state index contributed by atoms with van der Waals surface area (Å²) in [6.07, 6.45) is -1.06. The number of aryl methyl sites for hydroxylation is 1. The third-order valence-electron chi connectivity index (χ3n) is 4.31. The van der Waals surface area contributed by atoms with Crippen LogP contribution in [0.5, 0.6) is 0 Å². The van der Waals surface area contributed by atoms with Crippen LogP contribution in [0, 0.1) is 6.92 Å². The first-order valence-electron chi connectivity index (χ1n) is 8.34. The van der Waals surface area contributed by atoms with Crippen molar-refractivity contribution in [1.82, 2.24) is 4.90 Å². The number of amides is 2. The molecule has 0 bridgehead atoms. The molecule has 0 radical (unpaired) electrons. The van der Waals surface area contributed by atoms with Crippen LogP contribution in [0.2, 0.25) is 10.0 Å². The van der Waals surface area contributed by atoms with Gasteiger partial charge < -0.3 is 4.74 Å². The number of hydrogen-bond donors (Lipinski definition) is 0. The van der Waals surface area contributed by atoms with Crippen molar-refractivity contribution in [2.24, 2.45) is 0 Å². The van der Waals surface area contributed by atoms with Crippen molar-refractivity contribution in [2.45, 2.75) is 20.0 Å². The third kappa shape index (κ3) is 3.79. The largest absolute Gasteiger partial charge is 0.453 e. The number of fused-ring (bicyclic) bond motifs is 1. The smallest absolute Gasteiger partial charge is 0.326 e. The molecule has 0 saturated carbocycles. The molecule has 1 aliphatic rings. The molecule has 0 saturated heterocycles. The summed E-state index contributed by atoms with van der Waals surface area (Å²) >= 11 is 11.8. The van der Waals surface area contributed by atoms with Gasteiger partial charge in [0.2, 0.25) is 5.78 Å². The van der Waals surface area contributed by atoms with Crippen LogP contribution in [-0.2, 0) is 9.53 Å². The van der Waals surface area contributed by atoms with E-state index in [1.54, 1.807) is 24.3 Å². The van der Waals surface area contributed by atoms with Gasteiger partial charge in [0.05, 0.1) is 21.2 Å². The molecule has 2 amide bonds. The number of ether oxygens (including phenoxy) is 1. The van der Waals surface area contributed by atoms with Gasteiger partial charge in [-0.1, -0.05) is 53.0 Å². The maximum atomic E-state index is 12.4. The summed E-state index contributed by atoms with van der Waals surface area (Å²) in [6.45, 7) is 2.70. The number of benzene rings is 2. The fourth-order valence-electron chi connectivity index (χ4n) is 2.80. The molecule has 0 N–H and O–H groups in total. The van der Waals surface area contributed by atoms with Crippen molar-refractivity contribution in [3.05, 3.63) is 68.7 Å². The number of carbonyl (C=O) groups is 4. The molecule has 0 fully saturated rings. The Hall–Kier alpha value is -2.70. The lowest BCUT2D eigenvalue weighted by molar-refractivity contribution is -0.146. The number of esters is 1. The number of rotatable bonds is 5. The molecule has 6 nitrogen and oxygen atoms in total. The first-order valence-corrected chi connectivity index (χ1v) is 9.10. The van der Waals surface area contributed by atoms with Crippen molar-refractivity contribution in [2.75, 3.05) is 6.54 Å². The van der Waals surface area contributed by atoms with E-state index in [0.717, 1.165) is 10.5 Å². The average molecular weight is 420 g/mol. The second kappa shape index (κ2) is 7.73. The minimum absolute atomic E-state index is 0.0657. The highest BCUT2D eigenvalue weighted by atomic mass is 35.5. The average Bonchev–Trinajstić information content (AvgIpc) is 2.86. The summed E-state index contributed by atoms with van der Waals surface area (Å²) in [4.78, 5) is 50.1. The second-order valence-electron chi connectivity index (χ2n) is 6.37. The zero-order valence-corrected chi connectivity index (χ0v) is 16.5. The summed E-state index contributed by atoms with van der Waals surface area (Å²) in [5.74, 6) is -2.60. The molecule has 8 heteroatoms. The molecule has 3 rings (SSSR count). The van der Waals surface area contributed by atoms with E-state index < -0.39 is 30.4 Å². The van der Waals surface area contributed by atoms with E-state index in [4.69, 9.17) is 27.9 Å². The van der Waals surface area contributed by atoms with Crippen LogP contribution in [0.4, 0.5) is 0 Å². The van der Waals surface area contributed by atoms with Crippen LogP contribution >= 0.6 is 23.2 Å². The van der Waals surface area contributed by atoms with Crippen molar-refractivity contribution < 1.29 is 23.9 Å². The van der Waals surface area contributed by atoms with Crippen molar-refractivity contribution >= 4 is 46.8 Å². The molecule has 2 aromatic rings. The summed E-state index contributed by atoms with van der Waals surface area (Å²) in [5, 5.41) is 0.256. The Morgan fingerprint density at radius 2 is 1.50 bits per heavy atom. The van der Waals surface area contributed by atoms with Crippen LogP contribution in [0.15, 0.2) is 36.4 Å². The molecule has 1 atom stereocenters. The van der Waals surface area contributed by atoms with Gasteiger partial charge >= 0.3 is 5.97 Å². The summed E-state index contributed by atoms with van der Waals surface area (Å²) in [7, 11) is 0. The number of carbonyl (C=O) groups excluding carboxylic acids is 4. The normalized spacial score (nSPS) is 14.1. The van der Waals surface area contributed by atoms with Crippen molar-refractivity contribution in [3.63, 3.8) is 0 Å². The van der Waals surface area contributed by atoms with E-state index in [1.807, 2.05) is 6.92 Å². The molecule has 1 unspecified atom stereocenters. The van der Waals surface area contributed by atoms with Gasteiger partial charge in [0.25, 0.3) is 11.8 Å². The predicted molar refractivity (Wildman–Crippen MR) is 103 cm³/mol. The number of hydrogen-bond acceptors (Lipinski definition) is 5. The highest BCUT2D eigenvalue weighted by molar-refractivity contribution is 6.43. The van der Waals surface area contributed by atoms with Gasteiger partial charge in [-0.05, 0) is 26.0 Å². The first kappa shape index (κ1) is 20.0. The van der Waals surface area contributed by atoms with Crippen LogP contribution in [0.3, 0.4) is 0 Å². The topological polar surface area (TPSA) is 80.8 Å². The third-order valence-corrected chi connectivity index (χ3v) is 5.03. The second-order valence-corrected chi connectivity index (χ2v) is 7.19. The van der Waals surface area contributed by atoms with Crippen LogP contribution in [0.25, 0.3) is 0 Å². The Morgan fingerprint density at radius 1 is 1.00 bits per heavy atom. The van der Waals surface area contributed by atoms with E-state index in [2.05, 4.69) is 0 Å². The van der Waals surface area contributed by atoms with Gasteiger partial charge in [-0.25, -0.2) is 0 Å². The number of Topliss-reactive ketones (excluding diaryl/α,β-unsaturated/α-hetero) is 1. The van der Waals surface area contributed by atoms with Crippen LogP contribution < -0.4 is 0 Å². The zero-order valence-electron chi connectivity index (χ0n) is 15.0. The molecular weight excluding hydrogens is 405 g/mol. The predicted octanol–water partition coefficient (Wildman–Crippen LogP) is 3.71. The van der Waals surface area contributed by atoms with Crippen LogP contribution in [0.1, 0.15) is 43.6 Å². The van der Waals surface area contributed by atoms with Gasteiger partial charge in [0.1, 0.15) is 6.54 Å². The lowest BCUT2D eigenvalue weighted by atomic mass is 10.1. The van der Waals surface area contributed by atoms with Gasteiger partial charge in [0, 0.05) is 5.56 Å². The highest BCUT2D eigenvalue weighted by Crippen LogP contribution is 2.31. The molecule has 2 aromatic carbocycles. The molecular formula is C20H15Cl2NO5. The monoisotopic (exact) mass is 419 g/mol. The fraction of sp³-hybridized carbons (Fsp3) is 0.200. The molecule has 1 aliphatic heterocycles. The van der Waals surface area contributed by atoms with E-state index in [9.17, 15) is 19.2 Å². The Labute approximate surface area is 171 Å². The zero-order chi connectivity index (χ0) is 20.6. The maximum Gasteiger partial charge on any atom is 0.326 e. The standard InChI is InChI=1S/C20H15Cl2NO5/c1-10-3-5-12(6-4-10)18(25)11(2)28-17(24)9-23-19(26)13-7-15(21)16(22)8-14(13)20(23)27/h3-8,11H,9H2,1-2H3. The maximum absolute atomic E-state index is 12.4.